The Labute approximate surface area is 127 Å². The highest BCUT2D eigenvalue weighted by atomic mass is 16.3. The molecule has 1 heterocycles. The Kier molecular flexibility index (Phi) is 5.23. The first-order valence-corrected chi connectivity index (χ1v) is 7.79. The maximum atomic E-state index is 12.7. The molecule has 0 radical (unpaired) electrons. The molecule has 2 rings (SSSR count). The predicted octanol–water partition coefficient (Wildman–Crippen LogP) is 2.55. The maximum Gasteiger partial charge on any atom is 0.254 e. The van der Waals surface area contributed by atoms with E-state index >= 15 is 0 Å². The molecule has 0 saturated carbocycles. The molecule has 21 heavy (non-hydrogen) atoms. The Hall–Kier alpha value is -1.55. The Morgan fingerprint density at radius 1 is 1.48 bits per heavy atom. The minimum Gasteiger partial charge on any atom is -0.508 e. The summed E-state index contributed by atoms with van der Waals surface area (Å²) in [6, 6.07) is 5.57. The second-order valence-corrected chi connectivity index (χ2v) is 6.40. The van der Waals surface area contributed by atoms with E-state index in [0.29, 0.717) is 17.5 Å². The van der Waals surface area contributed by atoms with Crippen LogP contribution in [0.25, 0.3) is 0 Å². The van der Waals surface area contributed by atoms with Crippen molar-refractivity contribution in [3.8, 4) is 5.75 Å². The molecule has 1 fully saturated rings. The Morgan fingerprint density at radius 3 is 2.81 bits per heavy atom. The highest BCUT2D eigenvalue weighted by Crippen LogP contribution is 2.20. The predicted molar refractivity (Wildman–Crippen MR) is 84.6 cm³/mol. The normalized spacial score (nSPS) is 18.2. The molecular formula is C17H26N2O2. The number of carbonyl (C=O) groups excluding carboxylic acids is 1. The SMILES string of the molecule is Cc1ccc(C(=O)N(CC(C)C)CC2CCCN2)cc1O. The number of aromatic hydroxyl groups is 1. The standard InChI is InChI=1S/C17H26N2O2/c1-12(2)10-19(11-15-5-4-8-18-15)17(21)14-7-6-13(3)16(20)9-14/h6-7,9,12,15,18,20H,4-5,8,10-11H2,1-3H3. The van der Waals surface area contributed by atoms with Crippen molar-refractivity contribution in [2.75, 3.05) is 19.6 Å². The van der Waals surface area contributed by atoms with E-state index < -0.39 is 0 Å². The van der Waals surface area contributed by atoms with Crippen LogP contribution in [0, 0.1) is 12.8 Å². The molecule has 0 spiro atoms. The molecule has 1 aliphatic heterocycles. The van der Waals surface area contributed by atoms with E-state index in [1.807, 2.05) is 11.8 Å². The van der Waals surface area contributed by atoms with Gasteiger partial charge in [-0.25, -0.2) is 0 Å². The Bertz CT molecular complexity index is 494. The summed E-state index contributed by atoms with van der Waals surface area (Å²) in [6.07, 6.45) is 2.31. The quantitative estimate of drug-likeness (QED) is 0.876. The molecule has 2 N–H and O–H groups in total. The number of nitrogens with zero attached hydrogens (tertiary/aromatic N) is 1. The number of hydrogen-bond donors (Lipinski definition) is 2. The minimum atomic E-state index is 0.00713. The number of carbonyl (C=O) groups is 1. The second kappa shape index (κ2) is 6.94. The van der Waals surface area contributed by atoms with Gasteiger partial charge in [0.1, 0.15) is 5.75 Å². The molecule has 0 aromatic heterocycles. The van der Waals surface area contributed by atoms with Gasteiger partial charge in [-0.05, 0) is 49.9 Å². The number of phenolic OH excluding ortho intramolecular Hbond substituents is 1. The second-order valence-electron chi connectivity index (χ2n) is 6.40. The number of rotatable bonds is 5. The van der Waals surface area contributed by atoms with E-state index in [1.165, 1.54) is 6.42 Å². The summed E-state index contributed by atoms with van der Waals surface area (Å²) < 4.78 is 0. The van der Waals surface area contributed by atoms with Crippen molar-refractivity contribution in [1.29, 1.82) is 0 Å². The topological polar surface area (TPSA) is 52.6 Å². The summed E-state index contributed by atoms with van der Waals surface area (Å²) in [6.45, 7) is 8.60. The maximum absolute atomic E-state index is 12.7. The number of amides is 1. The van der Waals surface area contributed by atoms with Crippen LogP contribution >= 0.6 is 0 Å². The molecule has 1 atom stereocenters. The van der Waals surface area contributed by atoms with Gasteiger partial charge in [0.05, 0.1) is 0 Å². The molecule has 0 aliphatic carbocycles. The van der Waals surface area contributed by atoms with Gasteiger partial charge in [-0.15, -0.1) is 0 Å². The molecule has 4 nitrogen and oxygen atoms in total. The molecule has 1 aliphatic rings. The van der Waals surface area contributed by atoms with Crippen molar-refractivity contribution in [3.63, 3.8) is 0 Å². The van der Waals surface area contributed by atoms with Crippen LogP contribution in [-0.4, -0.2) is 41.6 Å². The van der Waals surface area contributed by atoms with Gasteiger partial charge in [-0.2, -0.15) is 0 Å². The van der Waals surface area contributed by atoms with Crippen molar-refractivity contribution >= 4 is 5.91 Å². The van der Waals surface area contributed by atoms with Crippen LogP contribution in [0.3, 0.4) is 0 Å². The molecule has 116 valence electrons. The number of aryl methyl sites for hydroxylation is 1. The van der Waals surface area contributed by atoms with Crippen LogP contribution in [0.4, 0.5) is 0 Å². The summed E-state index contributed by atoms with van der Waals surface area (Å²) in [5.41, 5.74) is 1.36. The van der Waals surface area contributed by atoms with Crippen molar-refractivity contribution in [1.82, 2.24) is 10.2 Å². The Balaban J connectivity index is 2.13. The van der Waals surface area contributed by atoms with E-state index in [2.05, 4.69) is 19.2 Å². The summed E-state index contributed by atoms with van der Waals surface area (Å²) >= 11 is 0. The van der Waals surface area contributed by atoms with Crippen LogP contribution in [-0.2, 0) is 0 Å². The van der Waals surface area contributed by atoms with Crippen LogP contribution in [0.15, 0.2) is 18.2 Å². The fraction of sp³-hybridized carbons (Fsp3) is 0.588. The number of nitrogens with one attached hydrogen (secondary N) is 1. The van der Waals surface area contributed by atoms with Gasteiger partial charge in [0.25, 0.3) is 5.91 Å². The first kappa shape index (κ1) is 15.8. The van der Waals surface area contributed by atoms with Crippen molar-refractivity contribution in [3.05, 3.63) is 29.3 Å². The van der Waals surface area contributed by atoms with Gasteiger partial charge in [0.2, 0.25) is 0 Å². The van der Waals surface area contributed by atoms with Gasteiger partial charge >= 0.3 is 0 Å². The van der Waals surface area contributed by atoms with Gasteiger partial charge in [0, 0.05) is 24.7 Å². The lowest BCUT2D eigenvalue weighted by Crippen LogP contribution is -2.42. The highest BCUT2D eigenvalue weighted by Gasteiger charge is 2.23. The molecule has 4 heteroatoms. The van der Waals surface area contributed by atoms with Gasteiger partial charge in [-0.3, -0.25) is 4.79 Å². The first-order valence-electron chi connectivity index (χ1n) is 7.79. The van der Waals surface area contributed by atoms with E-state index in [9.17, 15) is 9.90 Å². The van der Waals surface area contributed by atoms with Gasteiger partial charge in [0.15, 0.2) is 0 Å². The van der Waals surface area contributed by atoms with Crippen LogP contribution in [0.5, 0.6) is 5.75 Å². The zero-order valence-corrected chi connectivity index (χ0v) is 13.2. The molecular weight excluding hydrogens is 264 g/mol. The lowest BCUT2D eigenvalue weighted by Gasteiger charge is -2.27. The van der Waals surface area contributed by atoms with Crippen LogP contribution < -0.4 is 5.32 Å². The summed E-state index contributed by atoms with van der Waals surface area (Å²) in [5.74, 6) is 0.617. The fourth-order valence-electron chi connectivity index (χ4n) is 2.78. The zero-order chi connectivity index (χ0) is 15.4. The monoisotopic (exact) mass is 290 g/mol. The molecule has 1 saturated heterocycles. The van der Waals surface area contributed by atoms with Crippen molar-refractivity contribution in [2.45, 2.75) is 39.7 Å². The first-order chi connectivity index (χ1) is 9.97. The lowest BCUT2D eigenvalue weighted by atomic mass is 10.1. The van der Waals surface area contributed by atoms with Gasteiger partial charge in [-0.1, -0.05) is 19.9 Å². The zero-order valence-electron chi connectivity index (χ0n) is 13.2. The van der Waals surface area contributed by atoms with E-state index in [1.54, 1.807) is 18.2 Å². The fourth-order valence-corrected chi connectivity index (χ4v) is 2.78. The minimum absolute atomic E-state index is 0.00713. The molecule has 1 aromatic rings. The average Bonchev–Trinajstić information content (AvgIpc) is 2.93. The Morgan fingerprint density at radius 2 is 2.24 bits per heavy atom. The van der Waals surface area contributed by atoms with Crippen LogP contribution in [0.2, 0.25) is 0 Å². The van der Waals surface area contributed by atoms with Crippen LogP contribution in [0.1, 0.15) is 42.6 Å². The summed E-state index contributed by atoms with van der Waals surface area (Å²) in [7, 11) is 0. The number of hydrogen-bond acceptors (Lipinski definition) is 3. The molecule has 1 aromatic carbocycles. The van der Waals surface area contributed by atoms with Gasteiger partial charge < -0.3 is 15.3 Å². The smallest absolute Gasteiger partial charge is 0.254 e. The summed E-state index contributed by atoms with van der Waals surface area (Å²) in [5, 5.41) is 13.3. The molecule has 0 bridgehead atoms. The number of phenols is 1. The molecule has 1 amide bonds. The lowest BCUT2D eigenvalue weighted by molar-refractivity contribution is 0.0721. The van der Waals surface area contributed by atoms with Crippen molar-refractivity contribution < 1.29 is 9.90 Å². The van der Waals surface area contributed by atoms with E-state index in [-0.39, 0.29) is 11.7 Å². The van der Waals surface area contributed by atoms with E-state index in [0.717, 1.165) is 31.6 Å². The highest BCUT2D eigenvalue weighted by molar-refractivity contribution is 5.94. The third kappa shape index (κ3) is 4.21. The largest absolute Gasteiger partial charge is 0.508 e. The average molecular weight is 290 g/mol. The third-order valence-corrected chi connectivity index (χ3v) is 3.93. The van der Waals surface area contributed by atoms with Crippen molar-refractivity contribution in [2.24, 2.45) is 5.92 Å². The third-order valence-electron chi connectivity index (χ3n) is 3.93. The van der Waals surface area contributed by atoms with E-state index in [4.69, 9.17) is 0 Å². The summed E-state index contributed by atoms with van der Waals surface area (Å²) in [4.78, 5) is 14.6. The molecule has 1 unspecified atom stereocenters. The number of benzene rings is 1.